The van der Waals surface area contributed by atoms with Crippen molar-refractivity contribution in [3.8, 4) is 0 Å². The van der Waals surface area contributed by atoms with Crippen molar-refractivity contribution in [1.82, 2.24) is 0 Å². The van der Waals surface area contributed by atoms with E-state index in [0.717, 1.165) is 28.3 Å². The highest BCUT2D eigenvalue weighted by Gasteiger charge is 2.61. The van der Waals surface area contributed by atoms with Crippen molar-refractivity contribution in [3.63, 3.8) is 0 Å². The first-order chi connectivity index (χ1) is 20.3. The molecular weight excluding hydrogens is 536 g/mol. The van der Waals surface area contributed by atoms with Gasteiger partial charge in [-0.25, -0.2) is 9.69 Å². The lowest BCUT2D eigenvalue weighted by atomic mass is 9.55. The van der Waals surface area contributed by atoms with Crippen LogP contribution in [0.3, 0.4) is 0 Å². The standard InChI is InChI=1S/C33H22N2O7/c36-26(18-7-5-10-21(15-18)35(40)41)17-42-33(39)19-8-6-9-20(16-19)34-31(37)29-27-22-11-1-2-12-23(22)28(30(29)32(34)38)25-14-4-3-13-24(25)27/h1-16,27-30H,17H2/t27?,28?,29-,30-/m1/s1. The fourth-order valence-electron chi connectivity index (χ4n) is 6.79. The minimum Gasteiger partial charge on any atom is -0.454 e. The number of esters is 1. The Morgan fingerprint density at radius 3 is 1.79 bits per heavy atom. The second-order valence-electron chi connectivity index (χ2n) is 10.6. The first-order valence-corrected chi connectivity index (χ1v) is 13.5. The quantitative estimate of drug-likeness (QED) is 0.107. The molecule has 2 amide bonds. The molecule has 0 N–H and O–H groups in total. The SMILES string of the molecule is O=C(COC(=O)c1cccc(N2C(=O)[C@@H]3C4c5ccccc5C(c5ccccc54)[C@H]3C2=O)c1)c1cccc([N+](=O)[O-])c1. The van der Waals surface area contributed by atoms with Gasteiger partial charge < -0.3 is 4.74 Å². The fraction of sp³-hybridized carbons (Fsp3) is 0.152. The van der Waals surface area contributed by atoms with Crippen LogP contribution in [0.15, 0.2) is 97.1 Å². The maximum atomic E-state index is 14.0. The minimum atomic E-state index is -0.827. The van der Waals surface area contributed by atoms with Crippen molar-refractivity contribution in [2.45, 2.75) is 11.8 Å². The summed E-state index contributed by atoms with van der Waals surface area (Å²) < 4.78 is 5.19. The molecule has 8 rings (SSSR count). The molecule has 42 heavy (non-hydrogen) atoms. The number of amides is 2. The third-order valence-electron chi connectivity index (χ3n) is 8.50. The summed E-state index contributed by atoms with van der Waals surface area (Å²) in [4.78, 5) is 64.9. The van der Waals surface area contributed by atoms with Crippen LogP contribution in [0.2, 0.25) is 0 Å². The summed E-state index contributed by atoms with van der Waals surface area (Å²) >= 11 is 0. The highest BCUT2D eigenvalue weighted by atomic mass is 16.6. The monoisotopic (exact) mass is 558 g/mol. The summed E-state index contributed by atoms with van der Waals surface area (Å²) in [6.45, 7) is -0.629. The number of anilines is 1. The Morgan fingerprint density at radius 1 is 0.714 bits per heavy atom. The molecule has 4 aliphatic rings. The minimum absolute atomic E-state index is 0.0400. The molecule has 0 unspecified atom stereocenters. The Bertz CT molecular complexity index is 1730. The third-order valence-corrected chi connectivity index (χ3v) is 8.50. The number of rotatable bonds is 6. The van der Waals surface area contributed by atoms with Crippen LogP contribution in [0.1, 0.15) is 54.8 Å². The van der Waals surface area contributed by atoms with Crippen molar-refractivity contribution in [3.05, 3.63) is 141 Å². The van der Waals surface area contributed by atoms with Gasteiger partial charge in [0.15, 0.2) is 6.61 Å². The van der Waals surface area contributed by atoms with E-state index in [1.165, 1.54) is 35.2 Å². The summed E-state index contributed by atoms with van der Waals surface area (Å²) in [6.07, 6.45) is 0. The predicted octanol–water partition coefficient (Wildman–Crippen LogP) is 5.03. The zero-order chi connectivity index (χ0) is 29.1. The number of imide groups is 1. The molecule has 4 aromatic carbocycles. The molecule has 1 fully saturated rings. The number of carbonyl (C=O) groups is 4. The molecule has 1 heterocycles. The number of nitro groups is 1. The molecule has 206 valence electrons. The zero-order valence-corrected chi connectivity index (χ0v) is 22.0. The number of hydrogen-bond acceptors (Lipinski definition) is 7. The topological polar surface area (TPSA) is 124 Å². The largest absolute Gasteiger partial charge is 0.454 e. The van der Waals surface area contributed by atoms with Gasteiger partial charge in [0.2, 0.25) is 17.6 Å². The van der Waals surface area contributed by atoms with Gasteiger partial charge in [-0.05, 0) is 40.5 Å². The predicted molar refractivity (Wildman–Crippen MR) is 150 cm³/mol. The number of ketones is 1. The van der Waals surface area contributed by atoms with E-state index in [-0.39, 0.29) is 46.2 Å². The molecule has 9 nitrogen and oxygen atoms in total. The van der Waals surface area contributed by atoms with E-state index in [1.54, 1.807) is 12.1 Å². The number of benzene rings is 4. The fourth-order valence-corrected chi connectivity index (χ4v) is 6.79. The van der Waals surface area contributed by atoms with Crippen LogP contribution in [-0.2, 0) is 14.3 Å². The van der Waals surface area contributed by atoms with Crippen LogP contribution in [0, 0.1) is 22.0 Å². The van der Waals surface area contributed by atoms with E-state index in [0.29, 0.717) is 0 Å². The van der Waals surface area contributed by atoms with Gasteiger partial charge in [-0.15, -0.1) is 0 Å². The smallest absolute Gasteiger partial charge is 0.338 e. The molecule has 2 bridgehead atoms. The number of nitro benzene ring substituents is 1. The van der Waals surface area contributed by atoms with Gasteiger partial charge in [-0.3, -0.25) is 24.5 Å². The number of hydrogen-bond donors (Lipinski definition) is 0. The molecule has 3 aliphatic carbocycles. The van der Waals surface area contributed by atoms with Crippen LogP contribution < -0.4 is 4.90 Å². The number of ether oxygens (including phenoxy) is 1. The second kappa shape index (κ2) is 9.59. The first-order valence-electron chi connectivity index (χ1n) is 13.5. The second-order valence-corrected chi connectivity index (χ2v) is 10.6. The summed E-state index contributed by atoms with van der Waals surface area (Å²) in [5.74, 6) is -3.67. The Hall–Kier alpha value is -5.44. The van der Waals surface area contributed by atoms with Crippen molar-refractivity contribution in [2.24, 2.45) is 11.8 Å². The highest BCUT2D eigenvalue weighted by Crippen LogP contribution is 2.61. The molecule has 0 aromatic heterocycles. The van der Waals surface area contributed by atoms with Crippen molar-refractivity contribution in [1.29, 1.82) is 0 Å². The Balaban J connectivity index is 1.15. The maximum Gasteiger partial charge on any atom is 0.338 e. The lowest BCUT2D eigenvalue weighted by Crippen LogP contribution is -2.41. The first kappa shape index (κ1) is 25.5. The van der Waals surface area contributed by atoms with Gasteiger partial charge in [-0.2, -0.15) is 0 Å². The number of Topliss-reactive ketones (excluding diaryl/α,β-unsaturated/α-hetero) is 1. The molecule has 0 spiro atoms. The van der Waals surface area contributed by atoms with Gasteiger partial charge in [0, 0.05) is 29.5 Å². The number of carbonyl (C=O) groups excluding carboxylic acids is 4. The van der Waals surface area contributed by atoms with E-state index in [4.69, 9.17) is 4.74 Å². The molecule has 9 heteroatoms. The van der Waals surface area contributed by atoms with Gasteiger partial charge in [0.1, 0.15) is 0 Å². The van der Waals surface area contributed by atoms with Gasteiger partial charge >= 0.3 is 5.97 Å². The average molecular weight is 559 g/mol. The Labute approximate surface area is 239 Å². The lowest BCUT2D eigenvalue weighted by molar-refractivity contribution is -0.384. The molecule has 1 aliphatic heterocycles. The van der Waals surface area contributed by atoms with Crippen LogP contribution >= 0.6 is 0 Å². The lowest BCUT2D eigenvalue weighted by Gasteiger charge is -2.45. The summed E-state index contributed by atoms with van der Waals surface area (Å²) in [6, 6.07) is 27.1. The molecule has 4 aromatic rings. The van der Waals surface area contributed by atoms with E-state index in [1.807, 2.05) is 48.5 Å². The van der Waals surface area contributed by atoms with Crippen LogP contribution in [0.4, 0.5) is 11.4 Å². The summed E-state index contributed by atoms with van der Waals surface area (Å²) in [5.41, 5.74) is 4.37. The number of non-ortho nitro benzene ring substituents is 1. The maximum absolute atomic E-state index is 14.0. The van der Waals surface area contributed by atoms with E-state index in [9.17, 15) is 29.3 Å². The van der Waals surface area contributed by atoms with Crippen LogP contribution in [-0.4, -0.2) is 35.1 Å². The van der Waals surface area contributed by atoms with Crippen LogP contribution in [0.5, 0.6) is 0 Å². The highest BCUT2D eigenvalue weighted by molar-refractivity contribution is 6.23. The van der Waals surface area contributed by atoms with Gasteiger partial charge in [0.05, 0.1) is 28.0 Å². The molecule has 0 saturated carbocycles. The van der Waals surface area contributed by atoms with E-state index in [2.05, 4.69) is 0 Å². The summed E-state index contributed by atoms with van der Waals surface area (Å²) in [5, 5.41) is 11.0. The van der Waals surface area contributed by atoms with Gasteiger partial charge in [0.25, 0.3) is 5.69 Å². The van der Waals surface area contributed by atoms with Crippen molar-refractivity contribution < 1.29 is 28.8 Å². The van der Waals surface area contributed by atoms with E-state index >= 15 is 0 Å². The number of nitrogens with zero attached hydrogens (tertiary/aromatic N) is 2. The molecule has 1 saturated heterocycles. The molecule has 2 atom stereocenters. The van der Waals surface area contributed by atoms with Crippen molar-refractivity contribution >= 4 is 34.9 Å². The van der Waals surface area contributed by atoms with Gasteiger partial charge in [-0.1, -0.05) is 66.7 Å². The normalized spacial score (nSPS) is 21.4. The average Bonchev–Trinajstić information content (AvgIpc) is 3.29. The van der Waals surface area contributed by atoms with Crippen molar-refractivity contribution in [2.75, 3.05) is 11.5 Å². The third kappa shape index (κ3) is 3.77. The van der Waals surface area contributed by atoms with Crippen LogP contribution in [0.25, 0.3) is 0 Å². The Kier molecular flexibility index (Phi) is 5.83. The molecular formula is C33H22N2O7. The Morgan fingerprint density at radius 2 is 1.24 bits per heavy atom. The summed E-state index contributed by atoms with van der Waals surface area (Å²) in [7, 11) is 0. The van der Waals surface area contributed by atoms with E-state index < -0.39 is 35.1 Å². The molecule has 0 radical (unpaired) electrons. The zero-order valence-electron chi connectivity index (χ0n) is 22.0.